The first-order valence-electron chi connectivity index (χ1n) is 15.8. The molecule has 1 aromatic carbocycles. The van der Waals surface area contributed by atoms with Crippen LogP contribution >= 0.6 is 7.60 Å². The van der Waals surface area contributed by atoms with E-state index >= 15 is 0 Å². The Morgan fingerprint density at radius 1 is 0.762 bits per heavy atom. The second-order valence-corrected chi connectivity index (χ2v) is 12.1. The Balaban J connectivity index is 1.94. The van der Waals surface area contributed by atoms with E-state index in [-0.39, 0.29) is 25.1 Å². The molecule has 0 amide bonds. The summed E-state index contributed by atoms with van der Waals surface area (Å²) in [7, 11) is -4.06. The summed E-state index contributed by atoms with van der Waals surface area (Å²) in [4.78, 5) is 10.7. The van der Waals surface area contributed by atoms with Crippen molar-refractivity contribution in [1.29, 1.82) is 0 Å². The van der Waals surface area contributed by atoms with Gasteiger partial charge in [-0.3, -0.25) is 4.57 Å². The van der Waals surface area contributed by atoms with E-state index in [9.17, 15) is 9.46 Å². The molecule has 10 nitrogen and oxygen atoms in total. The number of aryl methyl sites for hydroxylation is 1. The molecule has 0 spiro atoms. The highest BCUT2D eigenvalue weighted by Gasteiger charge is 2.28. The number of ether oxygens (including phenoxy) is 7. The van der Waals surface area contributed by atoms with Gasteiger partial charge >= 0.3 is 7.60 Å². The van der Waals surface area contributed by atoms with Gasteiger partial charge in [-0.15, -0.1) is 0 Å². The fraction of sp³-hybridized carbons (Fsp3) is 0.806. The van der Waals surface area contributed by atoms with Gasteiger partial charge in [-0.25, -0.2) is 0 Å². The lowest BCUT2D eigenvalue weighted by Crippen LogP contribution is -2.30. The highest BCUT2D eigenvalue weighted by Crippen LogP contribution is 2.44. The van der Waals surface area contributed by atoms with Crippen LogP contribution in [0.4, 0.5) is 0 Å². The number of unbranched alkanes of at least 4 members (excludes halogenated alkanes) is 7. The normalized spacial score (nSPS) is 20.3. The number of hydrogen-bond donors (Lipinski definition) is 1. The van der Waals surface area contributed by atoms with Gasteiger partial charge in [0.2, 0.25) is 0 Å². The van der Waals surface area contributed by atoms with Crippen molar-refractivity contribution in [1.82, 2.24) is 0 Å². The average molecular weight is 619 g/mol. The zero-order valence-corrected chi connectivity index (χ0v) is 26.8. The first-order valence-corrected chi connectivity index (χ1v) is 17.4. The summed E-state index contributed by atoms with van der Waals surface area (Å²) in [5.74, 6) is 0.314. The van der Waals surface area contributed by atoms with Crippen LogP contribution in [0.2, 0.25) is 0 Å². The van der Waals surface area contributed by atoms with Crippen LogP contribution in [0.25, 0.3) is 0 Å². The van der Waals surface area contributed by atoms with Crippen molar-refractivity contribution in [3.05, 3.63) is 23.8 Å². The molecule has 1 N–H and O–H groups in total. The molecule has 0 saturated carbocycles. The Labute approximate surface area is 253 Å². The second-order valence-electron chi connectivity index (χ2n) is 10.3. The number of benzene rings is 1. The van der Waals surface area contributed by atoms with E-state index in [0.29, 0.717) is 71.8 Å². The van der Waals surface area contributed by atoms with E-state index in [2.05, 4.69) is 6.92 Å². The molecule has 0 aromatic heterocycles. The molecule has 1 aromatic rings. The van der Waals surface area contributed by atoms with Crippen LogP contribution in [0.3, 0.4) is 0 Å². The van der Waals surface area contributed by atoms with Crippen molar-refractivity contribution >= 4 is 12.9 Å². The van der Waals surface area contributed by atoms with Gasteiger partial charge in [0.1, 0.15) is 23.8 Å². The van der Waals surface area contributed by atoms with Gasteiger partial charge in [0.15, 0.2) is 0 Å². The molecule has 1 aliphatic rings. The summed E-state index contributed by atoms with van der Waals surface area (Å²) in [6.07, 6.45) is 10.3. The van der Waals surface area contributed by atoms with Gasteiger partial charge in [-0.1, -0.05) is 57.9 Å². The molecule has 1 saturated heterocycles. The Hall–Kier alpha value is -1.07. The maximum absolute atomic E-state index is 13.1. The fourth-order valence-corrected chi connectivity index (χ4v) is 5.70. The summed E-state index contributed by atoms with van der Waals surface area (Å²) in [5.41, 5.74) is 1.000. The standard InChI is InChI=1S/C31H55O10P/c1-3-5-6-7-8-9-10-11-12-28-13-14-30(31(25-28)42(32,33)41-4-2)40-27-29-26-38-22-21-36-18-17-34-15-16-35-19-20-37-23-24-39-29/h13-14,25,29H,3-12,15-24,26-27H2,1-2H3,(H,32,33). The smallest absolute Gasteiger partial charge is 0.362 e. The molecule has 2 rings (SSSR count). The van der Waals surface area contributed by atoms with E-state index in [4.69, 9.17) is 37.7 Å². The van der Waals surface area contributed by atoms with Crippen molar-refractivity contribution in [3.8, 4) is 5.75 Å². The van der Waals surface area contributed by atoms with Crippen molar-refractivity contribution < 1.29 is 47.1 Å². The lowest BCUT2D eigenvalue weighted by Gasteiger charge is -2.21. The molecule has 11 heteroatoms. The second kappa shape index (κ2) is 24.3. The van der Waals surface area contributed by atoms with Gasteiger partial charge in [-0.2, -0.15) is 0 Å². The molecule has 0 aliphatic carbocycles. The Kier molecular flexibility index (Phi) is 21.5. The van der Waals surface area contributed by atoms with Crippen LogP contribution in [0.5, 0.6) is 5.75 Å². The zero-order chi connectivity index (χ0) is 30.1. The lowest BCUT2D eigenvalue weighted by atomic mass is 10.0. The third-order valence-corrected chi connectivity index (χ3v) is 8.32. The van der Waals surface area contributed by atoms with Crippen LogP contribution in [0, 0.1) is 0 Å². The molecule has 42 heavy (non-hydrogen) atoms. The topological polar surface area (TPSA) is 111 Å². The quantitative estimate of drug-likeness (QED) is 0.211. The molecule has 1 fully saturated rings. The minimum atomic E-state index is -4.06. The SMILES string of the molecule is CCCCCCCCCCc1ccc(OCC2COCCOCCOCCOCCOCCO2)c(P(=O)(O)OCC)c1. The molecule has 0 bridgehead atoms. The van der Waals surface area contributed by atoms with E-state index in [1.54, 1.807) is 19.1 Å². The molecular weight excluding hydrogens is 563 g/mol. The Morgan fingerprint density at radius 3 is 1.90 bits per heavy atom. The van der Waals surface area contributed by atoms with Crippen molar-refractivity contribution in [2.75, 3.05) is 85.9 Å². The van der Waals surface area contributed by atoms with E-state index in [1.807, 2.05) is 6.07 Å². The molecular formula is C31H55O10P. The summed E-state index contributed by atoms with van der Waals surface area (Å²) in [5, 5.41) is 0.182. The van der Waals surface area contributed by atoms with Gasteiger partial charge in [0.05, 0.1) is 79.3 Å². The predicted octanol–water partition coefficient (Wildman–Crippen LogP) is 5.08. The third-order valence-electron chi connectivity index (χ3n) is 6.75. The lowest BCUT2D eigenvalue weighted by molar-refractivity contribution is -0.0710. The Bertz CT molecular complexity index is 822. The van der Waals surface area contributed by atoms with Crippen molar-refractivity contribution in [2.24, 2.45) is 0 Å². The zero-order valence-electron chi connectivity index (χ0n) is 25.9. The minimum Gasteiger partial charge on any atom is -0.490 e. The third kappa shape index (κ3) is 17.3. The molecule has 244 valence electrons. The summed E-state index contributed by atoms with van der Waals surface area (Å²) in [6, 6.07) is 5.48. The van der Waals surface area contributed by atoms with E-state index in [1.165, 1.54) is 38.5 Å². The first kappa shape index (κ1) is 37.1. The van der Waals surface area contributed by atoms with E-state index in [0.717, 1.165) is 24.8 Å². The minimum absolute atomic E-state index is 0.119. The maximum Gasteiger partial charge on any atom is 0.362 e. The van der Waals surface area contributed by atoms with Crippen LogP contribution in [-0.4, -0.2) is 96.9 Å². The van der Waals surface area contributed by atoms with E-state index < -0.39 is 13.7 Å². The largest absolute Gasteiger partial charge is 0.490 e. The van der Waals surface area contributed by atoms with Crippen molar-refractivity contribution in [3.63, 3.8) is 0 Å². The number of rotatable bonds is 15. The average Bonchev–Trinajstić information content (AvgIpc) is 2.98. The van der Waals surface area contributed by atoms with Gasteiger partial charge in [-0.05, 0) is 37.5 Å². The summed E-state index contributed by atoms with van der Waals surface area (Å²) < 4.78 is 58.2. The molecule has 1 heterocycles. The number of hydrogen-bond acceptors (Lipinski definition) is 9. The van der Waals surface area contributed by atoms with Crippen LogP contribution in [-0.2, 0) is 43.9 Å². The molecule has 1 aliphatic heterocycles. The summed E-state index contributed by atoms with van der Waals surface area (Å²) >= 11 is 0. The predicted molar refractivity (Wildman–Crippen MR) is 163 cm³/mol. The summed E-state index contributed by atoms with van der Waals surface area (Å²) in [6.45, 7) is 8.98. The highest BCUT2D eigenvalue weighted by atomic mass is 31.2. The Morgan fingerprint density at radius 2 is 1.31 bits per heavy atom. The fourth-order valence-electron chi connectivity index (χ4n) is 4.46. The molecule has 2 unspecified atom stereocenters. The van der Waals surface area contributed by atoms with Crippen LogP contribution in [0.1, 0.15) is 70.8 Å². The van der Waals surface area contributed by atoms with Gasteiger partial charge < -0.3 is 42.6 Å². The van der Waals surface area contributed by atoms with Gasteiger partial charge in [0, 0.05) is 0 Å². The molecule has 0 radical (unpaired) electrons. The maximum atomic E-state index is 13.1. The first-order chi connectivity index (χ1) is 20.6. The van der Waals surface area contributed by atoms with Crippen molar-refractivity contribution in [2.45, 2.75) is 77.7 Å². The van der Waals surface area contributed by atoms with Gasteiger partial charge in [0.25, 0.3) is 0 Å². The monoisotopic (exact) mass is 618 g/mol. The van der Waals surface area contributed by atoms with Crippen LogP contribution < -0.4 is 10.0 Å². The van der Waals surface area contributed by atoms with Crippen LogP contribution in [0.15, 0.2) is 18.2 Å². The highest BCUT2D eigenvalue weighted by molar-refractivity contribution is 7.61. The molecule has 2 atom stereocenters.